The largest absolute Gasteiger partial charge is 0.481 e. The van der Waals surface area contributed by atoms with Crippen LogP contribution in [0.5, 0.6) is 0 Å². The monoisotopic (exact) mass is 279 g/mol. The average molecular weight is 279 g/mol. The van der Waals surface area contributed by atoms with Crippen LogP contribution in [0, 0.1) is 22.5 Å². The minimum absolute atomic E-state index is 0.130. The number of aliphatic carboxylic acids is 1. The topological polar surface area (TPSA) is 105 Å². The molecule has 0 saturated heterocycles. The van der Waals surface area contributed by atoms with Gasteiger partial charge in [-0.05, 0) is 25.8 Å². The van der Waals surface area contributed by atoms with E-state index >= 15 is 0 Å². The highest BCUT2D eigenvalue weighted by molar-refractivity contribution is 5.76. The van der Waals surface area contributed by atoms with E-state index in [0.29, 0.717) is 18.5 Å². The standard InChI is InChI=1S/C13H17N3O4/c1-9-4-5-10(16(19)20)11(15-9)14-8-13(12(17)18)6-2-3-7-13/h4-5H,2-3,6-8H2,1H3,(H,14,15)(H,17,18). The highest BCUT2D eigenvalue weighted by Crippen LogP contribution is 2.39. The molecule has 7 nitrogen and oxygen atoms in total. The zero-order chi connectivity index (χ0) is 14.8. The molecule has 0 unspecified atom stereocenters. The number of nitrogens with zero attached hydrogens (tertiary/aromatic N) is 2. The Balaban J connectivity index is 2.20. The average Bonchev–Trinajstić information content (AvgIpc) is 2.86. The minimum Gasteiger partial charge on any atom is -0.481 e. The molecule has 0 radical (unpaired) electrons. The third-order valence-electron chi connectivity index (χ3n) is 3.82. The molecular weight excluding hydrogens is 262 g/mol. The summed E-state index contributed by atoms with van der Waals surface area (Å²) in [6.45, 7) is 1.90. The normalized spacial score (nSPS) is 16.9. The Morgan fingerprint density at radius 3 is 2.70 bits per heavy atom. The molecule has 20 heavy (non-hydrogen) atoms. The van der Waals surface area contributed by atoms with E-state index in [4.69, 9.17) is 0 Å². The number of nitro groups is 1. The molecule has 2 N–H and O–H groups in total. The maximum atomic E-state index is 11.4. The molecule has 1 aliphatic rings. The molecule has 0 spiro atoms. The summed E-state index contributed by atoms with van der Waals surface area (Å²) in [5.74, 6) is -0.708. The first-order chi connectivity index (χ1) is 9.44. The second-order valence-electron chi connectivity index (χ2n) is 5.22. The minimum atomic E-state index is -0.849. The molecule has 1 aromatic heterocycles. The van der Waals surface area contributed by atoms with Gasteiger partial charge in [-0.1, -0.05) is 12.8 Å². The van der Waals surface area contributed by atoms with Crippen LogP contribution in [0.1, 0.15) is 31.4 Å². The van der Waals surface area contributed by atoms with Gasteiger partial charge in [0.05, 0.1) is 10.3 Å². The number of aromatic nitrogens is 1. The third kappa shape index (κ3) is 2.71. The van der Waals surface area contributed by atoms with Crippen molar-refractivity contribution in [3.63, 3.8) is 0 Å². The fourth-order valence-corrected chi connectivity index (χ4v) is 2.60. The molecule has 0 bridgehead atoms. The lowest BCUT2D eigenvalue weighted by Gasteiger charge is -2.24. The summed E-state index contributed by atoms with van der Waals surface area (Å²) in [4.78, 5) is 26.0. The molecule has 1 fully saturated rings. The summed E-state index contributed by atoms with van der Waals surface area (Å²) >= 11 is 0. The van der Waals surface area contributed by atoms with Gasteiger partial charge >= 0.3 is 11.7 Å². The van der Waals surface area contributed by atoms with Crippen LogP contribution in [0.15, 0.2) is 12.1 Å². The SMILES string of the molecule is Cc1ccc([N+](=O)[O-])c(NCC2(C(=O)O)CCCC2)n1. The van der Waals surface area contributed by atoms with Gasteiger partial charge in [-0.15, -0.1) is 0 Å². The van der Waals surface area contributed by atoms with Crippen LogP contribution in [0.3, 0.4) is 0 Å². The quantitative estimate of drug-likeness (QED) is 0.633. The molecule has 1 saturated carbocycles. The van der Waals surface area contributed by atoms with E-state index in [1.54, 1.807) is 13.0 Å². The van der Waals surface area contributed by atoms with Crippen molar-refractivity contribution in [2.75, 3.05) is 11.9 Å². The predicted octanol–water partition coefficient (Wildman–Crippen LogP) is 2.36. The van der Waals surface area contributed by atoms with Crippen molar-refractivity contribution >= 4 is 17.5 Å². The van der Waals surface area contributed by atoms with Crippen LogP contribution in [-0.2, 0) is 4.79 Å². The first-order valence-corrected chi connectivity index (χ1v) is 6.54. The summed E-state index contributed by atoms with van der Waals surface area (Å²) < 4.78 is 0. The highest BCUT2D eigenvalue weighted by atomic mass is 16.6. The lowest BCUT2D eigenvalue weighted by Crippen LogP contribution is -2.35. The molecule has 1 aromatic rings. The Bertz CT molecular complexity index is 538. The molecule has 0 aromatic carbocycles. The van der Waals surface area contributed by atoms with Crippen LogP contribution in [0.25, 0.3) is 0 Å². The number of hydrogen-bond acceptors (Lipinski definition) is 5. The van der Waals surface area contributed by atoms with Gasteiger partial charge in [0, 0.05) is 18.3 Å². The number of carboxylic acid groups (broad SMARTS) is 1. The van der Waals surface area contributed by atoms with Gasteiger partial charge in [-0.25, -0.2) is 4.98 Å². The third-order valence-corrected chi connectivity index (χ3v) is 3.82. The Labute approximate surface area is 116 Å². The van der Waals surface area contributed by atoms with Crippen LogP contribution < -0.4 is 5.32 Å². The van der Waals surface area contributed by atoms with Crippen molar-refractivity contribution in [3.8, 4) is 0 Å². The fourth-order valence-electron chi connectivity index (χ4n) is 2.60. The molecule has 108 valence electrons. The number of carboxylic acids is 1. The van der Waals surface area contributed by atoms with E-state index < -0.39 is 16.3 Å². The van der Waals surface area contributed by atoms with Crippen LogP contribution >= 0.6 is 0 Å². The molecule has 2 rings (SSSR count). The first kappa shape index (κ1) is 14.2. The predicted molar refractivity (Wildman–Crippen MR) is 72.7 cm³/mol. The lowest BCUT2D eigenvalue weighted by molar-refractivity contribution is -0.384. The maximum Gasteiger partial charge on any atom is 0.311 e. The summed E-state index contributed by atoms with van der Waals surface area (Å²) in [5, 5.41) is 23.2. The van der Waals surface area contributed by atoms with Gasteiger partial charge < -0.3 is 10.4 Å². The molecule has 0 amide bonds. The smallest absolute Gasteiger partial charge is 0.311 e. The van der Waals surface area contributed by atoms with Crippen molar-refractivity contribution in [1.82, 2.24) is 4.98 Å². The van der Waals surface area contributed by atoms with Crippen molar-refractivity contribution in [2.45, 2.75) is 32.6 Å². The Hall–Kier alpha value is -2.18. The highest BCUT2D eigenvalue weighted by Gasteiger charge is 2.41. The van der Waals surface area contributed by atoms with Crippen molar-refractivity contribution in [3.05, 3.63) is 27.9 Å². The van der Waals surface area contributed by atoms with Gasteiger partial charge in [0.2, 0.25) is 5.82 Å². The van der Waals surface area contributed by atoms with Crippen LogP contribution in [0.2, 0.25) is 0 Å². The summed E-state index contributed by atoms with van der Waals surface area (Å²) in [6.07, 6.45) is 2.93. The van der Waals surface area contributed by atoms with E-state index in [1.807, 2.05) is 0 Å². The molecule has 7 heteroatoms. The first-order valence-electron chi connectivity index (χ1n) is 6.54. The Morgan fingerprint density at radius 2 is 2.15 bits per heavy atom. The molecule has 0 atom stereocenters. The Kier molecular flexibility index (Phi) is 3.87. The molecule has 0 aliphatic heterocycles. The Morgan fingerprint density at radius 1 is 1.50 bits per heavy atom. The van der Waals surface area contributed by atoms with Gasteiger partial charge in [0.25, 0.3) is 0 Å². The number of hydrogen-bond donors (Lipinski definition) is 2. The second-order valence-corrected chi connectivity index (χ2v) is 5.22. The lowest BCUT2D eigenvalue weighted by atomic mass is 9.86. The zero-order valence-corrected chi connectivity index (χ0v) is 11.3. The molecular formula is C13H17N3O4. The van der Waals surface area contributed by atoms with Crippen molar-refractivity contribution in [2.24, 2.45) is 5.41 Å². The molecule has 1 heterocycles. The number of nitrogens with one attached hydrogen (secondary N) is 1. The van der Waals surface area contributed by atoms with Crippen molar-refractivity contribution in [1.29, 1.82) is 0 Å². The van der Waals surface area contributed by atoms with E-state index in [9.17, 15) is 20.0 Å². The number of pyridine rings is 1. The summed E-state index contributed by atoms with van der Waals surface area (Å²) in [6, 6.07) is 2.94. The summed E-state index contributed by atoms with van der Waals surface area (Å²) in [7, 11) is 0. The van der Waals surface area contributed by atoms with E-state index in [-0.39, 0.29) is 18.1 Å². The van der Waals surface area contributed by atoms with Crippen LogP contribution in [-0.4, -0.2) is 27.5 Å². The second kappa shape index (κ2) is 5.44. The van der Waals surface area contributed by atoms with Gasteiger partial charge in [-0.3, -0.25) is 14.9 Å². The number of rotatable bonds is 5. The van der Waals surface area contributed by atoms with Gasteiger partial charge in [0.15, 0.2) is 0 Å². The van der Waals surface area contributed by atoms with Crippen LogP contribution in [0.4, 0.5) is 11.5 Å². The maximum absolute atomic E-state index is 11.4. The zero-order valence-electron chi connectivity index (χ0n) is 11.3. The molecule has 1 aliphatic carbocycles. The van der Waals surface area contributed by atoms with E-state index in [2.05, 4.69) is 10.3 Å². The van der Waals surface area contributed by atoms with Gasteiger partial charge in [-0.2, -0.15) is 0 Å². The van der Waals surface area contributed by atoms with E-state index in [0.717, 1.165) is 12.8 Å². The summed E-state index contributed by atoms with van der Waals surface area (Å²) in [5.41, 5.74) is -0.317. The number of carbonyl (C=O) groups is 1. The fraction of sp³-hybridized carbons (Fsp3) is 0.538. The number of aryl methyl sites for hydroxylation is 1. The number of anilines is 1. The van der Waals surface area contributed by atoms with Crippen molar-refractivity contribution < 1.29 is 14.8 Å². The van der Waals surface area contributed by atoms with Gasteiger partial charge in [0.1, 0.15) is 0 Å². The van der Waals surface area contributed by atoms with E-state index in [1.165, 1.54) is 6.07 Å².